The van der Waals surface area contributed by atoms with Crippen molar-refractivity contribution < 1.29 is 9.18 Å². The lowest BCUT2D eigenvalue weighted by atomic mass is 9.98. The molecule has 1 fully saturated rings. The maximum Gasteiger partial charge on any atom is 0.343 e. The Morgan fingerprint density at radius 3 is 3.00 bits per heavy atom. The van der Waals surface area contributed by atoms with E-state index in [2.05, 4.69) is 15.5 Å². The van der Waals surface area contributed by atoms with Gasteiger partial charge in [0.2, 0.25) is 5.91 Å². The Balaban J connectivity index is 1.50. The SMILES string of the molecule is CC(CC(=O)NCc1n[nH]c(=O)n1C1CC1)Cc1cccc(F)c1. The van der Waals surface area contributed by atoms with Gasteiger partial charge in [-0.25, -0.2) is 14.3 Å². The molecular weight excluding hydrogens is 311 g/mol. The van der Waals surface area contributed by atoms with E-state index < -0.39 is 0 Å². The zero-order chi connectivity index (χ0) is 17.1. The van der Waals surface area contributed by atoms with Gasteiger partial charge in [-0.2, -0.15) is 5.10 Å². The summed E-state index contributed by atoms with van der Waals surface area (Å²) in [7, 11) is 0. The number of aromatic nitrogens is 3. The number of rotatable bonds is 7. The number of carbonyl (C=O) groups is 1. The third-order valence-electron chi connectivity index (χ3n) is 4.14. The van der Waals surface area contributed by atoms with Gasteiger partial charge in [0.25, 0.3) is 0 Å². The van der Waals surface area contributed by atoms with Crippen molar-refractivity contribution in [3.8, 4) is 0 Å². The second-order valence-electron chi connectivity index (χ2n) is 6.47. The highest BCUT2D eigenvalue weighted by Crippen LogP contribution is 2.33. The topological polar surface area (TPSA) is 79.8 Å². The van der Waals surface area contributed by atoms with Crippen molar-refractivity contribution in [2.75, 3.05) is 0 Å². The molecule has 2 N–H and O–H groups in total. The standard InChI is InChI=1S/C17H21FN4O2/c1-11(7-12-3-2-4-13(18)9-12)8-16(23)19-10-15-20-21-17(24)22(15)14-5-6-14/h2-4,9,11,14H,5-8,10H2,1H3,(H,19,23)(H,21,24). The third-order valence-corrected chi connectivity index (χ3v) is 4.14. The quantitative estimate of drug-likeness (QED) is 0.813. The Morgan fingerprint density at radius 1 is 1.50 bits per heavy atom. The van der Waals surface area contributed by atoms with Crippen LogP contribution in [0, 0.1) is 11.7 Å². The molecule has 1 aromatic carbocycles. The van der Waals surface area contributed by atoms with E-state index in [-0.39, 0.29) is 35.9 Å². The lowest BCUT2D eigenvalue weighted by Crippen LogP contribution is -2.28. The van der Waals surface area contributed by atoms with Gasteiger partial charge >= 0.3 is 5.69 Å². The molecule has 0 spiro atoms. The number of aromatic amines is 1. The Hall–Kier alpha value is -2.44. The first-order valence-electron chi connectivity index (χ1n) is 8.20. The monoisotopic (exact) mass is 332 g/mol. The molecule has 3 rings (SSSR count). The molecule has 128 valence electrons. The highest BCUT2D eigenvalue weighted by atomic mass is 19.1. The van der Waals surface area contributed by atoms with Crippen LogP contribution in [0.3, 0.4) is 0 Å². The smallest absolute Gasteiger partial charge is 0.343 e. The van der Waals surface area contributed by atoms with Gasteiger partial charge in [0, 0.05) is 12.5 Å². The Kier molecular flexibility index (Phi) is 4.78. The zero-order valence-electron chi connectivity index (χ0n) is 13.6. The highest BCUT2D eigenvalue weighted by Gasteiger charge is 2.28. The minimum absolute atomic E-state index is 0.0941. The summed E-state index contributed by atoms with van der Waals surface area (Å²) < 4.78 is 14.8. The average molecular weight is 332 g/mol. The van der Waals surface area contributed by atoms with E-state index in [1.54, 1.807) is 10.6 Å². The molecule has 0 radical (unpaired) electrons. The van der Waals surface area contributed by atoms with E-state index in [4.69, 9.17) is 0 Å². The number of halogens is 1. The van der Waals surface area contributed by atoms with Crippen LogP contribution in [-0.4, -0.2) is 20.7 Å². The lowest BCUT2D eigenvalue weighted by Gasteiger charge is -2.12. The van der Waals surface area contributed by atoms with Crippen molar-refractivity contribution in [2.45, 2.75) is 45.2 Å². The van der Waals surface area contributed by atoms with Crippen LogP contribution in [0.1, 0.15) is 43.6 Å². The van der Waals surface area contributed by atoms with Gasteiger partial charge in [-0.15, -0.1) is 0 Å². The van der Waals surface area contributed by atoms with Crippen molar-refractivity contribution in [3.05, 3.63) is 52.0 Å². The molecule has 1 aliphatic carbocycles. The van der Waals surface area contributed by atoms with Gasteiger partial charge < -0.3 is 5.32 Å². The van der Waals surface area contributed by atoms with Crippen LogP contribution in [0.15, 0.2) is 29.1 Å². The molecule has 6 nitrogen and oxygen atoms in total. The summed E-state index contributed by atoms with van der Waals surface area (Å²) in [5, 5.41) is 9.21. The fraction of sp³-hybridized carbons (Fsp3) is 0.471. The number of hydrogen-bond acceptors (Lipinski definition) is 3. The predicted molar refractivity (Wildman–Crippen MR) is 86.9 cm³/mol. The minimum atomic E-state index is -0.263. The maximum atomic E-state index is 13.2. The number of nitrogens with zero attached hydrogens (tertiary/aromatic N) is 2. The molecule has 1 amide bonds. The molecule has 24 heavy (non-hydrogen) atoms. The average Bonchev–Trinajstić information content (AvgIpc) is 3.28. The Morgan fingerprint density at radius 2 is 2.29 bits per heavy atom. The Bertz CT molecular complexity index is 779. The van der Waals surface area contributed by atoms with Crippen molar-refractivity contribution in [2.24, 2.45) is 5.92 Å². The lowest BCUT2D eigenvalue weighted by molar-refractivity contribution is -0.122. The second kappa shape index (κ2) is 6.98. The molecule has 1 aliphatic rings. The van der Waals surface area contributed by atoms with Gasteiger partial charge in [-0.1, -0.05) is 19.1 Å². The zero-order valence-corrected chi connectivity index (χ0v) is 13.6. The van der Waals surface area contributed by atoms with Crippen molar-refractivity contribution in [1.29, 1.82) is 0 Å². The van der Waals surface area contributed by atoms with Gasteiger partial charge in [-0.05, 0) is 42.9 Å². The van der Waals surface area contributed by atoms with Gasteiger partial charge in [-0.3, -0.25) is 9.36 Å². The molecular formula is C17H21FN4O2. The Labute approximate surface area is 139 Å². The van der Waals surface area contributed by atoms with Crippen LogP contribution in [0.2, 0.25) is 0 Å². The summed E-state index contributed by atoms with van der Waals surface area (Å²) in [5.74, 6) is 0.294. The minimum Gasteiger partial charge on any atom is -0.349 e. The third kappa shape index (κ3) is 4.10. The fourth-order valence-corrected chi connectivity index (χ4v) is 2.88. The van der Waals surface area contributed by atoms with E-state index in [9.17, 15) is 14.0 Å². The highest BCUT2D eigenvalue weighted by molar-refractivity contribution is 5.76. The summed E-state index contributed by atoms with van der Waals surface area (Å²) in [6.45, 7) is 2.19. The number of H-pyrrole nitrogens is 1. The number of amides is 1. The largest absolute Gasteiger partial charge is 0.349 e. The van der Waals surface area contributed by atoms with Gasteiger partial charge in [0.05, 0.1) is 6.54 Å². The van der Waals surface area contributed by atoms with Crippen LogP contribution in [-0.2, 0) is 17.8 Å². The molecule has 7 heteroatoms. The molecule has 1 saturated carbocycles. The van der Waals surface area contributed by atoms with Gasteiger partial charge in [0.1, 0.15) is 5.82 Å². The van der Waals surface area contributed by atoms with Crippen molar-refractivity contribution in [1.82, 2.24) is 20.1 Å². The van der Waals surface area contributed by atoms with Crippen LogP contribution in [0.4, 0.5) is 4.39 Å². The second-order valence-corrected chi connectivity index (χ2v) is 6.47. The first kappa shape index (κ1) is 16.4. The van der Waals surface area contributed by atoms with E-state index in [1.165, 1.54) is 12.1 Å². The molecule has 2 aromatic rings. The number of hydrogen-bond donors (Lipinski definition) is 2. The van der Waals surface area contributed by atoms with Crippen molar-refractivity contribution in [3.63, 3.8) is 0 Å². The van der Waals surface area contributed by atoms with E-state index in [1.807, 2.05) is 13.0 Å². The summed E-state index contributed by atoms with van der Waals surface area (Å²) >= 11 is 0. The summed E-state index contributed by atoms with van der Waals surface area (Å²) in [5.41, 5.74) is 0.659. The van der Waals surface area contributed by atoms with E-state index in [0.29, 0.717) is 18.7 Å². The van der Waals surface area contributed by atoms with Crippen LogP contribution in [0.5, 0.6) is 0 Å². The molecule has 1 unspecified atom stereocenters. The van der Waals surface area contributed by atoms with Crippen LogP contribution < -0.4 is 11.0 Å². The van der Waals surface area contributed by atoms with E-state index >= 15 is 0 Å². The maximum absolute atomic E-state index is 13.2. The number of nitrogens with one attached hydrogen (secondary N) is 2. The first-order chi connectivity index (χ1) is 11.5. The van der Waals surface area contributed by atoms with Crippen LogP contribution >= 0.6 is 0 Å². The molecule has 1 heterocycles. The number of carbonyl (C=O) groups excluding carboxylic acids is 1. The molecule has 1 atom stereocenters. The molecule has 0 aliphatic heterocycles. The normalized spacial score (nSPS) is 15.2. The summed E-state index contributed by atoms with van der Waals surface area (Å²) in [6.07, 6.45) is 2.94. The van der Waals surface area contributed by atoms with Crippen LogP contribution in [0.25, 0.3) is 0 Å². The fourth-order valence-electron chi connectivity index (χ4n) is 2.88. The van der Waals surface area contributed by atoms with E-state index in [0.717, 1.165) is 18.4 Å². The first-order valence-corrected chi connectivity index (χ1v) is 8.20. The van der Waals surface area contributed by atoms with Crippen molar-refractivity contribution >= 4 is 5.91 Å². The van der Waals surface area contributed by atoms with Gasteiger partial charge in [0.15, 0.2) is 5.82 Å². The number of benzene rings is 1. The predicted octanol–water partition coefficient (Wildman–Crippen LogP) is 1.93. The molecule has 0 saturated heterocycles. The summed E-state index contributed by atoms with van der Waals surface area (Å²) in [6, 6.07) is 6.65. The summed E-state index contributed by atoms with van der Waals surface area (Å²) in [4.78, 5) is 23.8. The molecule has 1 aromatic heterocycles. The molecule has 0 bridgehead atoms.